The number of rotatable bonds is 4. The third kappa shape index (κ3) is 2.46. The van der Waals surface area contributed by atoms with Crippen molar-refractivity contribution in [3.05, 3.63) is 52.6 Å². The zero-order chi connectivity index (χ0) is 14.1. The molecule has 0 radical (unpaired) electrons. The number of imidazole rings is 1. The third-order valence-corrected chi connectivity index (χ3v) is 4.42. The highest BCUT2D eigenvalue weighted by molar-refractivity contribution is 7.17. The van der Waals surface area contributed by atoms with E-state index >= 15 is 0 Å². The summed E-state index contributed by atoms with van der Waals surface area (Å²) in [6, 6.07) is 4.39. The first-order valence-electron chi connectivity index (χ1n) is 6.72. The van der Waals surface area contributed by atoms with Gasteiger partial charge in [0, 0.05) is 36.1 Å². The van der Waals surface area contributed by atoms with Crippen molar-refractivity contribution in [3.63, 3.8) is 0 Å². The lowest BCUT2D eigenvalue weighted by Crippen LogP contribution is -2.19. The van der Waals surface area contributed by atoms with Crippen molar-refractivity contribution in [2.45, 2.75) is 33.4 Å². The Morgan fingerprint density at radius 3 is 2.80 bits per heavy atom. The Kier molecular flexibility index (Phi) is 3.54. The van der Waals surface area contributed by atoms with Gasteiger partial charge in [-0.25, -0.2) is 4.98 Å². The molecular weight excluding hydrogens is 268 g/mol. The first-order chi connectivity index (χ1) is 9.65. The molecule has 4 nitrogen and oxygen atoms in total. The molecule has 0 aliphatic carbocycles. The number of nitrogens with one attached hydrogen (secondary N) is 1. The average Bonchev–Trinajstić information content (AvgIpc) is 2.92. The molecular formula is C15H18N4S. The second-order valence-corrected chi connectivity index (χ2v) is 6.23. The molecule has 0 spiro atoms. The molecule has 20 heavy (non-hydrogen) atoms. The minimum Gasteiger partial charge on any atom is -0.305 e. The van der Waals surface area contributed by atoms with Gasteiger partial charge in [-0.05, 0) is 38.5 Å². The van der Waals surface area contributed by atoms with Gasteiger partial charge in [0.05, 0.1) is 11.4 Å². The van der Waals surface area contributed by atoms with Crippen LogP contribution in [0.25, 0.3) is 4.96 Å². The topological polar surface area (TPSA) is 42.2 Å². The number of pyridine rings is 1. The first kappa shape index (κ1) is 13.3. The van der Waals surface area contributed by atoms with E-state index in [1.165, 1.54) is 16.1 Å². The molecule has 0 saturated heterocycles. The molecule has 3 rings (SSSR count). The number of aryl methyl sites for hydroxylation is 2. The first-order valence-corrected chi connectivity index (χ1v) is 7.54. The minimum atomic E-state index is 0.294. The fourth-order valence-corrected chi connectivity index (χ4v) is 3.23. The highest BCUT2D eigenvalue weighted by atomic mass is 32.1. The Bertz CT molecular complexity index is 714. The van der Waals surface area contributed by atoms with Gasteiger partial charge >= 0.3 is 0 Å². The normalized spacial score (nSPS) is 12.9. The second kappa shape index (κ2) is 5.34. The summed E-state index contributed by atoms with van der Waals surface area (Å²) in [6.45, 7) is 7.17. The van der Waals surface area contributed by atoms with Crippen LogP contribution in [0, 0.1) is 13.8 Å². The van der Waals surface area contributed by atoms with E-state index in [2.05, 4.69) is 46.7 Å². The Morgan fingerprint density at radius 2 is 2.05 bits per heavy atom. The average molecular weight is 286 g/mol. The standard InChI is InChI=1S/C15H18N4S/c1-10-9-19-14(12(3)18-15(19)20-10)8-17-11(2)13-4-6-16-7-5-13/h4-7,9,11,17H,8H2,1-3H3/t11-/m0/s1. The van der Waals surface area contributed by atoms with Gasteiger partial charge < -0.3 is 5.32 Å². The van der Waals surface area contributed by atoms with Crippen LogP contribution >= 0.6 is 11.3 Å². The van der Waals surface area contributed by atoms with Crippen LogP contribution < -0.4 is 5.32 Å². The van der Waals surface area contributed by atoms with Crippen LogP contribution in [-0.2, 0) is 6.54 Å². The van der Waals surface area contributed by atoms with Crippen LogP contribution in [0.2, 0.25) is 0 Å². The van der Waals surface area contributed by atoms with E-state index in [0.717, 1.165) is 17.2 Å². The molecule has 3 heterocycles. The quantitative estimate of drug-likeness (QED) is 0.800. The van der Waals surface area contributed by atoms with Crippen molar-refractivity contribution < 1.29 is 0 Å². The zero-order valence-electron chi connectivity index (χ0n) is 11.9. The van der Waals surface area contributed by atoms with Gasteiger partial charge in [-0.1, -0.05) is 0 Å². The van der Waals surface area contributed by atoms with Gasteiger partial charge in [-0.3, -0.25) is 9.38 Å². The zero-order valence-corrected chi connectivity index (χ0v) is 12.7. The molecule has 0 fully saturated rings. The number of hydrogen-bond donors (Lipinski definition) is 1. The van der Waals surface area contributed by atoms with Crippen LogP contribution in [0.15, 0.2) is 30.7 Å². The number of fused-ring (bicyclic) bond motifs is 1. The molecule has 1 atom stereocenters. The van der Waals surface area contributed by atoms with Crippen LogP contribution in [0.1, 0.15) is 34.8 Å². The lowest BCUT2D eigenvalue weighted by molar-refractivity contribution is 0.564. The lowest BCUT2D eigenvalue weighted by atomic mass is 10.1. The van der Waals surface area contributed by atoms with Crippen molar-refractivity contribution in [1.29, 1.82) is 0 Å². The summed E-state index contributed by atoms with van der Waals surface area (Å²) in [4.78, 5) is 11.0. The maximum Gasteiger partial charge on any atom is 0.194 e. The fourth-order valence-electron chi connectivity index (χ4n) is 2.34. The third-order valence-electron chi connectivity index (χ3n) is 3.52. The van der Waals surface area contributed by atoms with Crippen molar-refractivity contribution in [2.75, 3.05) is 0 Å². The van der Waals surface area contributed by atoms with E-state index in [0.29, 0.717) is 6.04 Å². The molecule has 0 amide bonds. The molecule has 104 valence electrons. The Hall–Kier alpha value is -1.72. The van der Waals surface area contributed by atoms with Crippen LogP contribution in [-0.4, -0.2) is 14.4 Å². The summed E-state index contributed by atoms with van der Waals surface area (Å²) in [7, 11) is 0. The minimum absolute atomic E-state index is 0.294. The van der Waals surface area contributed by atoms with E-state index in [9.17, 15) is 0 Å². The van der Waals surface area contributed by atoms with Gasteiger partial charge in [-0.2, -0.15) is 0 Å². The Balaban J connectivity index is 1.78. The van der Waals surface area contributed by atoms with Gasteiger partial charge in [0.2, 0.25) is 0 Å². The molecule has 0 unspecified atom stereocenters. The number of nitrogens with zero attached hydrogens (tertiary/aromatic N) is 3. The molecule has 1 N–H and O–H groups in total. The van der Waals surface area contributed by atoms with Crippen LogP contribution in [0.4, 0.5) is 0 Å². The van der Waals surface area contributed by atoms with Gasteiger partial charge in [0.25, 0.3) is 0 Å². The highest BCUT2D eigenvalue weighted by Crippen LogP contribution is 2.21. The summed E-state index contributed by atoms with van der Waals surface area (Å²) in [5, 5.41) is 3.56. The Labute approximate surface area is 122 Å². The monoisotopic (exact) mass is 286 g/mol. The lowest BCUT2D eigenvalue weighted by Gasteiger charge is -2.14. The SMILES string of the molecule is Cc1cn2c(CN[C@@H](C)c3ccncc3)c(C)nc2s1. The van der Waals surface area contributed by atoms with Crippen molar-refractivity contribution in [3.8, 4) is 0 Å². The smallest absolute Gasteiger partial charge is 0.194 e. The maximum atomic E-state index is 4.62. The Morgan fingerprint density at radius 1 is 1.30 bits per heavy atom. The van der Waals surface area contributed by atoms with E-state index < -0.39 is 0 Å². The van der Waals surface area contributed by atoms with Crippen LogP contribution in [0.5, 0.6) is 0 Å². The summed E-state index contributed by atoms with van der Waals surface area (Å²) in [5.41, 5.74) is 3.59. The molecule has 0 bridgehead atoms. The van der Waals surface area contributed by atoms with E-state index in [1.807, 2.05) is 24.5 Å². The van der Waals surface area contributed by atoms with Crippen molar-refractivity contribution in [2.24, 2.45) is 0 Å². The molecule has 0 saturated carbocycles. The van der Waals surface area contributed by atoms with Crippen molar-refractivity contribution in [1.82, 2.24) is 19.7 Å². The predicted molar refractivity (Wildman–Crippen MR) is 82.0 cm³/mol. The van der Waals surface area contributed by atoms with Gasteiger partial charge in [0.15, 0.2) is 4.96 Å². The number of hydrogen-bond acceptors (Lipinski definition) is 4. The second-order valence-electron chi connectivity index (χ2n) is 5.02. The molecule has 0 aromatic carbocycles. The number of thiazole rings is 1. The summed E-state index contributed by atoms with van der Waals surface area (Å²) in [5.74, 6) is 0. The highest BCUT2D eigenvalue weighted by Gasteiger charge is 2.12. The summed E-state index contributed by atoms with van der Waals surface area (Å²) in [6.07, 6.45) is 5.82. The maximum absolute atomic E-state index is 4.62. The summed E-state index contributed by atoms with van der Waals surface area (Å²) >= 11 is 1.73. The fraction of sp³-hybridized carbons (Fsp3) is 0.333. The van der Waals surface area contributed by atoms with Crippen LogP contribution in [0.3, 0.4) is 0 Å². The summed E-state index contributed by atoms with van der Waals surface area (Å²) < 4.78 is 2.20. The van der Waals surface area contributed by atoms with E-state index in [-0.39, 0.29) is 0 Å². The molecule has 3 aromatic rings. The van der Waals surface area contributed by atoms with E-state index in [1.54, 1.807) is 11.3 Å². The largest absolute Gasteiger partial charge is 0.305 e. The van der Waals surface area contributed by atoms with Crippen molar-refractivity contribution >= 4 is 16.3 Å². The number of aromatic nitrogens is 3. The molecule has 3 aromatic heterocycles. The van der Waals surface area contributed by atoms with Gasteiger partial charge in [0.1, 0.15) is 0 Å². The molecule has 5 heteroatoms. The predicted octanol–water partition coefficient (Wildman–Crippen LogP) is 3.26. The molecule has 0 aliphatic rings. The van der Waals surface area contributed by atoms with Gasteiger partial charge in [-0.15, -0.1) is 11.3 Å². The van der Waals surface area contributed by atoms with E-state index in [4.69, 9.17) is 0 Å². The molecule has 0 aliphatic heterocycles.